The van der Waals surface area contributed by atoms with E-state index in [0.717, 1.165) is 36.1 Å². The van der Waals surface area contributed by atoms with Crippen LogP contribution >= 0.6 is 22.9 Å². The lowest BCUT2D eigenvalue weighted by Gasteiger charge is -2.13. The number of ether oxygens (including phenoxy) is 1. The molecule has 1 aliphatic rings. The van der Waals surface area contributed by atoms with E-state index in [2.05, 4.69) is 35.8 Å². The van der Waals surface area contributed by atoms with Gasteiger partial charge in [-0.05, 0) is 56.3 Å². The molecule has 9 nitrogen and oxygen atoms in total. The van der Waals surface area contributed by atoms with Crippen LogP contribution in [0.3, 0.4) is 0 Å². The molecule has 3 N–H and O–H groups in total. The van der Waals surface area contributed by atoms with Crippen LogP contribution in [-0.4, -0.2) is 43.7 Å². The van der Waals surface area contributed by atoms with E-state index in [1.54, 1.807) is 23.7 Å². The molecule has 1 atom stereocenters. The van der Waals surface area contributed by atoms with Gasteiger partial charge >= 0.3 is 5.97 Å². The molecule has 0 amide bonds. The Balaban J connectivity index is 0.000000840. The van der Waals surface area contributed by atoms with Crippen molar-refractivity contribution >= 4 is 57.0 Å². The molecule has 0 saturated heterocycles. The SMILES string of the molecule is CC(C)C.CCOC(=O)c1snc(Nc2csc(S(=O)N(C)C3CC3)c2O)c1NCc1ccc(C)o1. The molecule has 0 aromatic carbocycles. The number of hydrogen-bond acceptors (Lipinski definition) is 10. The van der Waals surface area contributed by atoms with Gasteiger partial charge in [0.1, 0.15) is 28.2 Å². The first-order chi connectivity index (χ1) is 17.1. The molecule has 12 heteroatoms. The molecule has 1 unspecified atom stereocenters. The number of carbonyl (C=O) groups is 1. The van der Waals surface area contributed by atoms with Crippen molar-refractivity contribution in [2.45, 2.75) is 64.3 Å². The maximum absolute atomic E-state index is 12.8. The zero-order chi connectivity index (χ0) is 26.4. The molecule has 1 fully saturated rings. The molecule has 0 aliphatic heterocycles. The van der Waals surface area contributed by atoms with E-state index in [9.17, 15) is 14.1 Å². The van der Waals surface area contributed by atoms with Gasteiger partial charge in [0.2, 0.25) is 0 Å². The van der Waals surface area contributed by atoms with Gasteiger partial charge in [0.25, 0.3) is 0 Å². The topological polar surface area (TPSA) is 117 Å². The predicted molar refractivity (Wildman–Crippen MR) is 146 cm³/mol. The number of furan rings is 1. The second-order valence-corrected chi connectivity index (χ2v) is 12.4. The monoisotopic (exact) mass is 554 g/mol. The predicted octanol–water partition coefficient (Wildman–Crippen LogP) is 6.12. The van der Waals surface area contributed by atoms with Gasteiger partial charge < -0.3 is 24.9 Å². The summed E-state index contributed by atoms with van der Waals surface area (Å²) in [7, 11) is 0.357. The molecule has 4 rings (SSSR count). The molecule has 1 saturated carbocycles. The molecule has 36 heavy (non-hydrogen) atoms. The van der Waals surface area contributed by atoms with Gasteiger partial charge in [-0.15, -0.1) is 11.3 Å². The molecule has 0 spiro atoms. The fourth-order valence-corrected chi connectivity index (χ4v) is 6.18. The fourth-order valence-electron chi connectivity index (χ4n) is 3.01. The molecule has 3 aromatic heterocycles. The fraction of sp³-hybridized carbons (Fsp3) is 0.500. The third-order valence-corrected chi connectivity index (χ3v) is 8.49. The van der Waals surface area contributed by atoms with Crippen molar-refractivity contribution < 1.29 is 23.3 Å². The van der Waals surface area contributed by atoms with E-state index >= 15 is 0 Å². The Bertz CT molecular complexity index is 1180. The summed E-state index contributed by atoms with van der Waals surface area (Å²) >= 11 is 2.20. The van der Waals surface area contributed by atoms with Crippen LogP contribution in [0.25, 0.3) is 0 Å². The van der Waals surface area contributed by atoms with Crippen molar-refractivity contribution in [2.75, 3.05) is 24.3 Å². The number of aromatic hydroxyl groups is 1. The van der Waals surface area contributed by atoms with Gasteiger partial charge in [0, 0.05) is 18.5 Å². The van der Waals surface area contributed by atoms with E-state index in [1.165, 1.54) is 11.3 Å². The minimum atomic E-state index is -1.44. The first-order valence-corrected chi connectivity index (χ1v) is 14.6. The lowest BCUT2D eigenvalue weighted by Crippen LogP contribution is -2.22. The number of carbonyl (C=O) groups excluding carboxylic acids is 1. The first kappa shape index (κ1) is 28.2. The Kier molecular flexibility index (Phi) is 9.94. The van der Waals surface area contributed by atoms with Crippen molar-refractivity contribution in [2.24, 2.45) is 5.92 Å². The van der Waals surface area contributed by atoms with Gasteiger partial charge in [-0.25, -0.2) is 13.3 Å². The summed E-state index contributed by atoms with van der Waals surface area (Å²) in [5.41, 5.74) is 0.825. The number of thiophene rings is 1. The van der Waals surface area contributed by atoms with Gasteiger partial charge in [-0.2, -0.15) is 4.37 Å². The molecular weight excluding hydrogens is 520 g/mol. The molecule has 198 valence electrons. The highest BCUT2D eigenvalue weighted by molar-refractivity contribution is 7.85. The zero-order valence-electron chi connectivity index (χ0n) is 21.4. The average molecular weight is 555 g/mol. The number of esters is 1. The molecule has 1 aliphatic carbocycles. The summed E-state index contributed by atoms with van der Waals surface area (Å²) in [5.74, 6) is 2.11. The van der Waals surface area contributed by atoms with Crippen molar-refractivity contribution in [1.82, 2.24) is 8.68 Å². The van der Waals surface area contributed by atoms with Gasteiger partial charge in [0.05, 0.1) is 18.8 Å². The highest BCUT2D eigenvalue weighted by Gasteiger charge is 2.32. The van der Waals surface area contributed by atoms with E-state index < -0.39 is 17.0 Å². The number of rotatable bonds is 10. The number of hydrogen-bond donors (Lipinski definition) is 3. The summed E-state index contributed by atoms with van der Waals surface area (Å²) in [4.78, 5) is 12.7. The molecule has 3 aromatic rings. The second kappa shape index (κ2) is 12.7. The van der Waals surface area contributed by atoms with Crippen LogP contribution in [0.4, 0.5) is 17.2 Å². The van der Waals surface area contributed by atoms with Crippen molar-refractivity contribution in [3.8, 4) is 5.75 Å². The van der Waals surface area contributed by atoms with Crippen LogP contribution in [0.15, 0.2) is 26.1 Å². The number of nitrogens with one attached hydrogen (secondary N) is 2. The van der Waals surface area contributed by atoms with Crippen LogP contribution < -0.4 is 10.6 Å². The van der Waals surface area contributed by atoms with Crippen LogP contribution in [0, 0.1) is 12.8 Å². The molecule has 0 bridgehead atoms. The lowest BCUT2D eigenvalue weighted by atomic mass is 10.3. The minimum Gasteiger partial charge on any atom is -0.504 e. The summed E-state index contributed by atoms with van der Waals surface area (Å²) in [6.07, 6.45) is 2.03. The van der Waals surface area contributed by atoms with E-state index in [0.29, 0.717) is 44.6 Å². The lowest BCUT2D eigenvalue weighted by molar-refractivity contribution is 0.0533. The zero-order valence-corrected chi connectivity index (χ0v) is 23.9. The third kappa shape index (κ3) is 7.31. The van der Waals surface area contributed by atoms with Crippen molar-refractivity contribution in [1.29, 1.82) is 0 Å². The Morgan fingerprint density at radius 3 is 2.64 bits per heavy atom. The molecule has 3 heterocycles. The number of nitrogens with zero attached hydrogens (tertiary/aromatic N) is 2. The summed E-state index contributed by atoms with van der Waals surface area (Å²) in [6, 6.07) is 4.00. The maximum atomic E-state index is 12.8. The minimum absolute atomic E-state index is 0.0841. The Hall–Kier alpha value is -2.41. The van der Waals surface area contributed by atoms with E-state index in [-0.39, 0.29) is 12.4 Å². The van der Waals surface area contributed by atoms with Crippen LogP contribution in [0.1, 0.15) is 61.7 Å². The third-order valence-electron chi connectivity index (χ3n) is 4.85. The Morgan fingerprint density at radius 2 is 2.06 bits per heavy atom. The summed E-state index contributed by atoms with van der Waals surface area (Å²) < 4.78 is 30.0. The quantitative estimate of drug-likeness (QED) is 0.257. The van der Waals surface area contributed by atoms with Crippen LogP contribution in [-0.2, 0) is 22.3 Å². The normalized spacial score (nSPS) is 13.9. The summed E-state index contributed by atoms with van der Waals surface area (Å²) in [5, 5.41) is 18.6. The van der Waals surface area contributed by atoms with E-state index in [1.807, 2.05) is 19.1 Å². The first-order valence-electron chi connectivity index (χ1n) is 11.8. The van der Waals surface area contributed by atoms with Gasteiger partial charge in [-0.3, -0.25) is 0 Å². The van der Waals surface area contributed by atoms with Crippen molar-refractivity contribution in [3.63, 3.8) is 0 Å². The average Bonchev–Trinajstić information content (AvgIpc) is 3.32. The maximum Gasteiger partial charge on any atom is 0.352 e. The smallest absolute Gasteiger partial charge is 0.352 e. The molecular formula is C24H34N4O5S3. The Labute approximate surface area is 222 Å². The largest absolute Gasteiger partial charge is 0.504 e. The van der Waals surface area contributed by atoms with Crippen molar-refractivity contribution in [3.05, 3.63) is 33.9 Å². The summed E-state index contributed by atoms with van der Waals surface area (Å²) in [6.45, 7) is 10.7. The number of anilines is 3. The van der Waals surface area contributed by atoms with Gasteiger partial charge in [-0.1, -0.05) is 20.8 Å². The number of aryl methyl sites for hydroxylation is 1. The highest BCUT2D eigenvalue weighted by Crippen LogP contribution is 2.42. The highest BCUT2D eigenvalue weighted by atomic mass is 32.2. The van der Waals surface area contributed by atoms with Crippen LogP contribution in [0.2, 0.25) is 0 Å². The van der Waals surface area contributed by atoms with Gasteiger partial charge in [0.15, 0.2) is 20.7 Å². The molecule has 0 radical (unpaired) electrons. The Morgan fingerprint density at radius 1 is 1.36 bits per heavy atom. The van der Waals surface area contributed by atoms with Crippen LogP contribution in [0.5, 0.6) is 5.75 Å². The second-order valence-electron chi connectivity index (χ2n) is 8.99. The number of aromatic nitrogens is 1. The van der Waals surface area contributed by atoms with E-state index in [4.69, 9.17) is 9.15 Å². The standard InChI is InChI=1S/C20H24N4O5S3.C4H10/c1-4-28-19(26)17-15(21-9-13-8-5-11(2)29-13)18(23-31-17)22-14-10-30-20(16(14)25)32(27)24(3)12-6-7-12;1-4(2)3/h5,8,10,12,21,25H,4,6-7,9H2,1-3H3,(H,22,23);4H,1-3H3.